The van der Waals surface area contributed by atoms with Gasteiger partial charge >= 0.3 is 0 Å². The molecule has 0 bridgehead atoms. The van der Waals surface area contributed by atoms with Crippen LogP contribution in [-0.2, 0) is 0 Å². The number of aromatic nitrogens is 2. The maximum Gasteiger partial charge on any atom is 0.216 e. The zero-order valence-electron chi connectivity index (χ0n) is 10.2. The lowest BCUT2D eigenvalue weighted by Gasteiger charge is -2.12. The summed E-state index contributed by atoms with van der Waals surface area (Å²) in [5, 5.41) is 6.30. The number of nitrogens with zero attached hydrogens (tertiary/aromatic N) is 2. The smallest absolute Gasteiger partial charge is 0.216 e. The molecule has 0 saturated heterocycles. The molecule has 2 heterocycles. The van der Waals surface area contributed by atoms with Crippen LogP contribution in [0.1, 0.15) is 24.6 Å². The molecule has 0 fully saturated rings. The summed E-state index contributed by atoms with van der Waals surface area (Å²) >= 11 is 0. The number of anilines is 2. The van der Waals surface area contributed by atoms with Crippen LogP contribution >= 0.6 is 0 Å². The SMILES string of the molecule is CNc1cc(NC(C)c2ncc(C)o2)ccn1. The molecule has 0 aliphatic carbocycles. The molecule has 1 unspecified atom stereocenters. The minimum atomic E-state index is 0.0239. The van der Waals surface area contributed by atoms with Crippen LogP contribution in [0.2, 0.25) is 0 Å². The van der Waals surface area contributed by atoms with Crippen molar-refractivity contribution >= 4 is 11.5 Å². The first kappa shape index (κ1) is 11.4. The van der Waals surface area contributed by atoms with Crippen LogP contribution in [0, 0.1) is 6.92 Å². The fourth-order valence-electron chi connectivity index (χ4n) is 1.54. The van der Waals surface area contributed by atoms with E-state index in [1.165, 1.54) is 0 Å². The van der Waals surface area contributed by atoms with E-state index in [0.717, 1.165) is 17.3 Å². The van der Waals surface area contributed by atoms with E-state index in [4.69, 9.17) is 4.42 Å². The van der Waals surface area contributed by atoms with Gasteiger partial charge in [-0.25, -0.2) is 9.97 Å². The number of hydrogen-bond donors (Lipinski definition) is 2. The fourth-order valence-corrected chi connectivity index (χ4v) is 1.54. The van der Waals surface area contributed by atoms with Gasteiger partial charge in [0.25, 0.3) is 0 Å². The van der Waals surface area contributed by atoms with Gasteiger partial charge in [-0.15, -0.1) is 0 Å². The highest BCUT2D eigenvalue weighted by molar-refractivity contribution is 5.52. The molecule has 0 radical (unpaired) electrons. The third-order valence-corrected chi connectivity index (χ3v) is 2.41. The molecule has 0 aliphatic heterocycles. The molecule has 2 N–H and O–H groups in total. The summed E-state index contributed by atoms with van der Waals surface area (Å²) in [5.74, 6) is 2.33. The van der Waals surface area contributed by atoms with E-state index in [9.17, 15) is 0 Å². The molecule has 0 aliphatic rings. The van der Waals surface area contributed by atoms with Gasteiger partial charge < -0.3 is 15.1 Å². The van der Waals surface area contributed by atoms with Crippen molar-refractivity contribution in [1.82, 2.24) is 9.97 Å². The quantitative estimate of drug-likeness (QED) is 0.848. The number of rotatable bonds is 4. The van der Waals surface area contributed by atoms with Crippen molar-refractivity contribution in [2.75, 3.05) is 17.7 Å². The maximum absolute atomic E-state index is 5.47. The van der Waals surface area contributed by atoms with Crippen LogP contribution in [0.15, 0.2) is 28.9 Å². The van der Waals surface area contributed by atoms with Gasteiger partial charge in [0, 0.05) is 25.0 Å². The largest absolute Gasteiger partial charge is 0.444 e. The molecule has 1 atom stereocenters. The van der Waals surface area contributed by atoms with Crippen LogP contribution in [0.3, 0.4) is 0 Å². The van der Waals surface area contributed by atoms with Crippen molar-refractivity contribution in [3.05, 3.63) is 36.2 Å². The van der Waals surface area contributed by atoms with Crippen LogP contribution in [0.5, 0.6) is 0 Å². The first-order valence-electron chi connectivity index (χ1n) is 5.51. The average molecular weight is 232 g/mol. The minimum absolute atomic E-state index is 0.0239. The Balaban J connectivity index is 2.09. The third kappa shape index (κ3) is 2.75. The summed E-state index contributed by atoms with van der Waals surface area (Å²) in [7, 11) is 1.84. The standard InChI is InChI=1S/C12H16N4O/c1-8-7-15-12(17-8)9(2)16-10-4-5-14-11(6-10)13-3/h4-7,9H,1-3H3,(H2,13,14,16). The van der Waals surface area contributed by atoms with E-state index >= 15 is 0 Å². The summed E-state index contributed by atoms with van der Waals surface area (Å²) in [6, 6.07) is 3.87. The molecular weight excluding hydrogens is 216 g/mol. The van der Waals surface area contributed by atoms with Crippen LogP contribution in [0.25, 0.3) is 0 Å². The van der Waals surface area contributed by atoms with Gasteiger partial charge in [-0.2, -0.15) is 0 Å². The number of oxazole rings is 1. The third-order valence-electron chi connectivity index (χ3n) is 2.41. The highest BCUT2D eigenvalue weighted by atomic mass is 16.4. The first-order valence-corrected chi connectivity index (χ1v) is 5.51. The molecule has 2 aromatic rings. The summed E-state index contributed by atoms with van der Waals surface area (Å²) in [6.07, 6.45) is 3.47. The van der Waals surface area contributed by atoms with E-state index in [-0.39, 0.29) is 6.04 Å². The van der Waals surface area contributed by atoms with E-state index in [1.54, 1.807) is 12.4 Å². The molecule has 5 heteroatoms. The molecule has 2 aromatic heterocycles. The lowest BCUT2D eigenvalue weighted by Crippen LogP contribution is -2.07. The second-order valence-electron chi connectivity index (χ2n) is 3.85. The summed E-state index contributed by atoms with van der Waals surface area (Å²) in [4.78, 5) is 8.35. The Hall–Kier alpha value is -2.04. The molecule has 17 heavy (non-hydrogen) atoms. The normalized spacial score (nSPS) is 12.2. The van der Waals surface area contributed by atoms with Crippen LogP contribution < -0.4 is 10.6 Å². The van der Waals surface area contributed by atoms with E-state index < -0.39 is 0 Å². The van der Waals surface area contributed by atoms with Crippen molar-refractivity contribution in [3.8, 4) is 0 Å². The monoisotopic (exact) mass is 232 g/mol. The Morgan fingerprint density at radius 3 is 2.82 bits per heavy atom. The Kier molecular flexibility index (Phi) is 3.27. The molecule has 0 aromatic carbocycles. The molecule has 0 spiro atoms. The summed E-state index contributed by atoms with van der Waals surface area (Å²) in [6.45, 7) is 3.89. The van der Waals surface area contributed by atoms with Crippen molar-refractivity contribution in [1.29, 1.82) is 0 Å². The van der Waals surface area contributed by atoms with Gasteiger partial charge in [0.1, 0.15) is 17.6 Å². The Morgan fingerprint density at radius 2 is 2.18 bits per heavy atom. The molecular formula is C12H16N4O. The van der Waals surface area contributed by atoms with E-state index in [1.807, 2.05) is 33.0 Å². The van der Waals surface area contributed by atoms with Gasteiger partial charge in [0.2, 0.25) is 5.89 Å². The van der Waals surface area contributed by atoms with Crippen LogP contribution in [-0.4, -0.2) is 17.0 Å². The molecule has 2 rings (SSSR count). The van der Waals surface area contributed by atoms with Gasteiger partial charge in [0.15, 0.2) is 0 Å². The maximum atomic E-state index is 5.47. The Morgan fingerprint density at radius 1 is 1.35 bits per heavy atom. The second-order valence-corrected chi connectivity index (χ2v) is 3.85. The van der Waals surface area contributed by atoms with Crippen molar-refractivity contribution in [2.24, 2.45) is 0 Å². The van der Waals surface area contributed by atoms with Crippen molar-refractivity contribution in [3.63, 3.8) is 0 Å². The molecule has 0 saturated carbocycles. The molecule has 5 nitrogen and oxygen atoms in total. The predicted octanol–water partition coefficient (Wildman–Crippen LogP) is 2.59. The van der Waals surface area contributed by atoms with Gasteiger partial charge in [-0.3, -0.25) is 0 Å². The summed E-state index contributed by atoms with van der Waals surface area (Å²) in [5.41, 5.74) is 0.979. The van der Waals surface area contributed by atoms with E-state index in [2.05, 4.69) is 20.6 Å². The predicted molar refractivity (Wildman–Crippen MR) is 67.1 cm³/mol. The highest BCUT2D eigenvalue weighted by Crippen LogP contribution is 2.20. The van der Waals surface area contributed by atoms with E-state index in [0.29, 0.717) is 5.89 Å². The second kappa shape index (κ2) is 4.86. The molecule has 0 amide bonds. The number of nitrogens with one attached hydrogen (secondary N) is 2. The molecule has 90 valence electrons. The fraction of sp³-hybridized carbons (Fsp3) is 0.333. The van der Waals surface area contributed by atoms with Gasteiger partial charge in [0.05, 0.1) is 6.20 Å². The first-order chi connectivity index (χ1) is 8.19. The number of hydrogen-bond acceptors (Lipinski definition) is 5. The Bertz CT molecular complexity index is 495. The number of aryl methyl sites for hydroxylation is 1. The number of pyridine rings is 1. The minimum Gasteiger partial charge on any atom is -0.444 e. The van der Waals surface area contributed by atoms with Crippen LogP contribution in [0.4, 0.5) is 11.5 Å². The summed E-state index contributed by atoms with van der Waals surface area (Å²) < 4.78 is 5.47. The van der Waals surface area contributed by atoms with Gasteiger partial charge in [-0.05, 0) is 19.9 Å². The lowest BCUT2D eigenvalue weighted by molar-refractivity contribution is 0.453. The Labute approximate surface area is 100 Å². The van der Waals surface area contributed by atoms with Gasteiger partial charge in [-0.1, -0.05) is 0 Å². The van der Waals surface area contributed by atoms with Crippen molar-refractivity contribution < 1.29 is 4.42 Å². The highest BCUT2D eigenvalue weighted by Gasteiger charge is 2.11. The zero-order valence-corrected chi connectivity index (χ0v) is 10.2. The van der Waals surface area contributed by atoms with Crippen molar-refractivity contribution in [2.45, 2.75) is 19.9 Å². The lowest BCUT2D eigenvalue weighted by atomic mass is 10.3. The zero-order chi connectivity index (χ0) is 12.3. The average Bonchev–Trinajstić information content (AvgIpc) is 2.76. The topological polar surface area (TPSA) is 63.0 Å².